The molecule has 0 unspecified atom stereocenters. The molecule has 1 aromatic heterocycles. The molecule has 1 nitrogen and oxygen atoms in total. The summed E-state index contributed by atoms with van der Waals surface area (Å²) < 4.78 is 1.01. The lowest BCUT2D eigenvalue weighted by atomic mass is 10.2. The molecule has 0 saturated carbocycles. The lowest BCUT2D eigenvalue weighted by molar-refractivity contribution is 0.898. The molecule has 0 N–H and O–H groups in total. The maximum atomic E-state index is 4.47. The second-order valence-electron chi connectivity index (χ2n) is 3.06. The zero-order valence-corrected chi connectivity index (χ0v) is 8.11. The van der Waals surface area contributed by atoms with Gasteiger partial charge in [-0.25, -0.2) is 4.98 Å². The molecular weight excluding hydrogens is 202 g/mol. The molecule has 0 radical (unpaired) electrons. The van der Waals surface area contributed by atoms with E-state index in [9.17, 15) is 0 Å². The molecule has 11 heavy (non-hydrogen) atoms. The first kappa shape index (κ1) is 7.29. The van der Waals surface area contributed by atoms with Gasteiger partial charge in [0.15, 0.2) is 0 Å². The van der Waals surface area contributed by atoms with Gasteiger partial charge in [0.1, 0.15) is 4.60 Å². The summed E-state index contributed by atoms with van der Waals surface area (Å²) in [5.74, 6) is 0. The van der Waals surface area contributed by atoms with Gasteiger partial charge in [-0.15, -0.1) is 0 Å². The van der Waals surface area contributed by atoms with E-state index in [2.05, 4.69) is 33.9 Å². The quantitative estimate of drug-likeness (QED) is 0.602. The number of fused-ring (bicyclic) bond motifs is 1. The Hall–Kier alpha value is -0.370. The van der Waals surface area contributed by atoms with Crippen LogP contribution in [0, 0.1) is 6.92 Å². The Balaban J connectivity index is 2.57. The summed E-state index contributed by atoms with van der Waals surface area (Å²) in [6.45, 7) is 2.09. The van der Waals surface area contributed by atoms with Gasteiger partial charge in [0.05, 0.1) is 0 Å². The Morgan fingerprint density at radius 3 is 3.09 bits per heavy atom. The molecular formula is C9H10BrN. The fraction of sp³-hybridized carbons (Fsp3) is 0.444. The molecule has 2 heteroatoms. The fourth-order valence-corrected chi connectivity index (χ4v) is 1.89. The van der Waals surface area contributed by atoms with E-state index < -0.39 is 0 Å². The first-order valence-corrected chi connectivity index (χ1v) is 4.71. The smallest absolute Gasteiger partial charge is 0.109 e. The number of hydrogen-bond donors (Lipinski definition) is 0. The van der Waals surface area contributed by atoms with E-state index in [-0.39, 0.29) is 0 Å². The molecule has 0 aliphatic heterocycles. The Morgan fingerprint density at radius 1 is 1.45 bits per heavy atom. The van der Waals surface area contributed by atoms with Gasteiger partial charge in [-0.05, 0) is 53.2 Å². The molecule has 0 amide bonds. The van der Waals surface area contributed by atoms with Crippen LogP contribution in [0.25, 0.3) is 0 Å². The highest BCUT2D eigenvalue weighted by atomic mass is 79.9. The third-order valence-corrected chi connectivity index (χ3v) is 2.98. The van der Waals surface area contributed by atoms with Crippen LogP contribution in [0.15, 0.2) is 10.7 Å². The molecule has 0 atom stereocenters. The van der Waals surface area contributed by atoms with E-state index in [1.807, 2.05) is 0 Å². The SMILES string of the molecule is Cc1cc2c(nc1Br)CCC2. The molecule has 1 aliphatic rings. The van der Waals surface area contributed by atoms with Crippen molar-refractivity contribution in [3.05, 3.63) is 27.5 Å². The Labute approximate surface area is 75.0 Å². The van der Waals surface area contributed by atoms with E-state index >= 15 is 0 Å². The van der Waals surface area contributed by atoms with Crippen LogP contribution in [0.5, 0.6) is 0 Å². The normalized spacial score (nSPS) is 15.1. The summed E-state index contributed by atoms with van der Waals surface area (Å²) in [7, 11) is 0. The maximum Gasteiger partial charge on any atom is 0.109 e. The molecule has 0 saturated heterocycles. The minimum Gasteiger partial charge on any atom is -0.245 e. The van der Waals surface area contributed by atoms with E-state index in [0.717, 1.165) is 11.0 Å². The van der Waals surface area contributed by atoms with Gasteiger partial charge < -0.3 is 0 Å². The van der Waals surface area contributed by atoms with Crippen LogP contribution >= 0.6 is 15.9 Å². The average Bonchev–Trinajstić information content (AvgIpc) is 2.36. The van der Waals surface area contributed by atoms with E-state index in [4.69, 9.17) is 0 Å². The minimum atomic E-state index is 1.01. The summed E-state index contributed by atoms with van der Waals surface area (Å²) in [6, 6.07) is 2.25. The maximum absolute atomic E-state index is 4.47. The molecule has 1 aliphatic carbocycles. The van der Waals surface area contributed by atoms with Crippen molar-refractivity contribution in [2.24, 2.45) is 0 Å². The van der Waals surface area contributed by atoms with Crippen molar-refractivity contribution in [3.63, 3.8) is 0 Å². The van der Waals surface area contributed by atoms with E-state index in [0.29, 0.717) is 0 Å². The predicted molar refractivity (Wildman–Crippen MR) is 48.7 cm³/mol. The average molecular weight is 212 g/mol. The van der Waals surface area contributed by atoms with Gasteiger partial charge in [0, 0.05) is 5.69 Å². The largest absolute Gasteiger partial charge is 0.245 e. The fourth-order valence-electron chi connectivity index (χ4n) is 1.56. The van der Waals surface area contributed by atoms with Crippen LogP contribution in [0.4, 0.5) is 0 Å². The van der Waals surface area contributed by atoms with Crippen molar-refractivity contribution in [3.8, 4) is 0 Å². The van der Waals surface area contributed by atoms with Gasteiger partial charge >= 0.3 is 0 Å². The number of hydrogen-bond acceptors (Lipinski definition) is 1. The van der Waals surface area contributed by atoms with Crippen LogP contribution in [0.2, 0.25) is 0 Å². The number of nitrogens with zero attached hydrogens (tertiary/aromatic N) is 1. The summed E-state index contributed by atoms with van der Waals surface area (Å²) in [4.78, 5) is 4.47. The first-order valence-electron chi connectivity index (χ1n) is 3.92. The molecule has 1 aromatic rings. The van der Waals surface area contributed by atoms with Crippen molar-refractivity contribution < 1.29 is 0 Å². The Bertz CT molecular complexity index is 265. The number of rotatable bonds is 0. The molecule has 58 valence electrons. The second-order valence-corrected chi connectivity index (χ2v) is 3.81. The monoisotopic (exact) mass is 211 g/mol. The van der Waals surface area contributed by atoms with Crippen molar-refractivity contribution in [2.45, 2.75) is 26.2 Å². The third kappa shape index (κ3) is 1.20. The topological polar surface area (TPSA) is 12.9 Å². The van der Waals surface area contributed by atoms with Gasteiger partial charge in [0.2, 0.25) is 0 Å². The summed E-state index contributed by atoms with van der Waals surface area (Å²) >= 11 is 3.44. The molecule has 0 fully saturated rings. The van der Waals surface area contributed by atoms with Crippen LogP contribution < -0.4 is 0 Å². The van der Waals surface area contributed by atoms with Crippen molar-refractivity contribution in [2.75, 3.05) is 0 Å². The predicted octanol–water partition coefficient (Wildman–Crippen LogP) is 2.64. The minimum absolute atomic E-state index is 1.01. The van der Waals surface area contributed by atoms with Crippen molar-refractivity contribution in [1.82, 2.24) is 4.98 Å². The Morgan fingerprint density at radius 2 is 2.27 bits per heavy atom. The molecule has 0 aromatic carbocycles. The highest BCUT2D eigenvalue weighted by molar-refractivity contribution is 9.10. The Kier molecular flexibility index (Phi) is 1.72. The zero-order valence-electron chi connectivity index (χ0n) is 6.52. The zero-order chi connectivity index (χ0) is 7.84. The van der Waals surface area contributed by atoms with Crippen LogP contribution in [-0.2, 0) is 12.8 Å². The summed E-state index contributed by atoms with van der Waals surface area (Å²) in [6.07, 6.45) is 3.66. The second kappa shape index (κ2) is 2.59. The van der Waals surface area contributed by atoms with Crippen LogP contribution in [-0.4, -0.2) is 4.98 Å². The molecule has 0 bridgehead atoms. The van der Waals surface area contributed by atoms with E-state index in [1.54, 1.807) is 0 Å². The molecule has 0 spiro atoms. The van der Waals surface area contributed by atoms with Gasteiger partial charge in [0.25, 0.3) is 0 Å². The lowest BCUT2D eigenvalue weighted by Gasteiger charge is -2.01. The lowest BCUT2D eigenvalue weighted by Crippen LogP contribution is -1.90. The number of aromatic nitrogens is 1. The molecule has 2 rings (SSSR count). The number of halogens is 1. The first-order chi connectivity index (χ1) is 5.27. The van der Waals surface area contributed by atoms with Crippen molar-refractivity contribution in [1.29, 1.82) is 0 Å². The number of aryl methyl sites for hydroxylation is 3. The third-order valence-electron chi connectivity index (χ3n) is 2.18. The van der Waals surface area contributed by atoms with Gasteiger partial charge in [-0.2, -0.15) is 0 Å². The standard InChI is InChI=1S/C9H10BrN/c1-6-5-7-3-2-4-8(7)11-9(6)10/h5H,2-4H2,1H3. The van der Waals surface area contributed by atoms with E-state index in [1.165, 1.54) is 29.7 Å². The van der Waals surface area contributed by atoms with Gasteiger partial charge in [-0.1, -0.05) is 6.07 Å². The number of pyridine rings is 1. The van der Waals surface area contributed by atoms with Crippen LogP contribution in [0.3, 0.4) is 0 Å². The van der Waals surface area contributed by atoms with Crippen LogP contribution in [0.1, 0.15) is 23.2 Å². The van der Waals surface area contributed by atoms with Crippen molar-refractivity contribution >= 4 is 15.9 Å². The highest BCUT2D eigenvalue weighted by Crippen LogP contribution is 2.24. The summed E-state index contributed by atoms with van der Waals surface area (Å²) in [5.41, 5.74) is 4.00. The van der Waals surface area contributed by atoms with Gasteiger partial charge in [-0.3, -0.25) is 0 Å². The highest BCUT2D eigenvalue weighted by Gasteiger charge is 2.13. The molecule has 1 heterocycles. The summed E-state index contributed by atoms with van der Waals surface area (Å²) in [5, 5.41) is 0.